The van der Waals surface area contributed by atoms with Crippen molar-refractivity contribution in [1.29, 1.82) is 0 Å². The van der Waals surface area contributed by atoms with Gasteiger partial charge in [-0.1, -0.05) is 40.7 Å². The molecule has 0 saturated heterocycles. The minimum Gasteiger partial charge on any atom is -0.306 e. The Hall–Kier alpha value is -3.11. The largest absolute Gasteiger partial charge is 0.306 e. The Balaban J connectivity index is 2.01. The lowest BCUT2D eigenvalue weighted by Gasteiger charge is -2.20. The van der Waals surface area contributed by atoms with E-state index in [-0.39, 0.29) is 15.9 Å². The summed E-state index contributed by atoms with van der Waals surface area (Å²) in [5.74, 6) is 0.255. The van der Waals surface area contributed by atoms with Crippen LogP contribution >= 0.6 is 0 Å². The first-order valence-electron chi connectivity index (χ1n) is 10.8. The second kappa shape index (κ2) is 9.40. The van der Waals surface area contributed by atoms with Crippen LogP contribution in [0.15, 0.2) is 47.6 Å². The molecule has 3 rings (SSSR count). The summed E-state index contributed by atoms with van der Waals surface area (Å²) in [5, 5.41) is 7.44. The number of aryl methyl sites for hydroxylation is 1. The minimum absolute atomic E-state index is 0.120. The van der Waals surface area contributed by atoms with Gasteiger partial charge in [0.25, 0.3) is 11.9 Å². The van der Waals surface area contributed by atoms with E-state index in [2.05, 4.69) is 20.4 Å². The monoisotopic (exact) mass is 470 g/mol. The Morgan fingerprint density at radius 2 is 1.73 bits per heavy atom. The van der Waals surface area contributed by atoms with Crippen molar-refractivity contribution in [1.82, 2.24) is 24.1 Å². The number of aromatic nitrogens is 4. The van der Waals surface area contributed by atoms with Crippen LogP contribution in [-0.4, -0.2) is 51.5 Å². The van der Waals surface area contributed by atoms with Crippen molar-refractivity contribution in [3.63, 3.8) is 0 Å². The predicted octanol–water partition coefficient (Wildman–Crippen LogP) is 3.55. The number of carbonyl (C=O) groups is 1. The van der Waals surface area contributed by atoms with Crippen LogP contribution in [-0.2, 0) is 15.4 Å². The molecule has 0 aliphatic rings. The van der Waals surface area contributed by atoms with E-state index in [0.29, 0.717) is 30.4 Å². The van der Waals surface area contributed by atoms with Crippen molar-refractivity contribution in [3.05, 3.63) is 59.5 Å². The van der Waals surface area contributed by atoms with E-state index in [1.54, 1.807) is 57.4 Å². The Labute approximate surface area is 194 Å². The third kappa shape index (κ3) is 5.12. The van der Waals surface area contributed by atoms with Gasteiger partial charge in [-0.25, -0.2) is 18.4 Å². The van der Waals surface area contributed by atoms with Crippen LogP contribution in [0.4, 0.5) is 5.82 Å². The molecular formula is C23H30N6O3S. The van der Waals surface area contributed by atoms with Gasteiger partial charge >= 0.3 is 0 Å². The molecule has 2 heterocycles. The highest BCUT2D eigenvalue weighted by Crippen LogP contribution is 2.26. The molecule has 9 nitrogen and oxygen atoms in total. The van der Waals surface area contributed by atoms with Gasteiger partial charge < -0.3 is 5.32 Å². The predicted molar refractivity (Wildman–Crippen MR) is 127 cm³/mol. The van der Waals surface area contributed by atoms with Crippen molar-refractivity contribution in [2.45, 2.75) is 51.9 Å². The van der Waals surface area contributed by atoms with Gasteiger partial charge in [-0.2, -0.15) is 14.1 Å². The molecule has 176 valence electrons. The van der Waals surface area contributed by atoms with Gasteiger partial charge in [-0.15, -0.1) is 0 Å². The molecule has 10 heteroatoms. The van der Waals surface area contributed by atoms with Crippen molar-refractivity contribution >= 4 is 21.7 Å². The highest BCUT2D eigenvalue weighted by Gasteiger charge is 2.26. The van der Waals surface area contributed by atoms with E-state index in [4.69, 9.17) is 0 Å². The van der Waals surface area contributed by atoms with Crippen LogP contribution in [0.3, 0.4) is 0 Å². The molecule has 0 spiro atoms. The maximum absolute atomic E-state index is 13.2. The molecule has 0 atom stereocenters. The van der Waals surface area contributed by atoms with E-state index in [0.717, 1.165) is 5.69 Å². The standard InChI is InChI=1S/C23H30N6O3S/c1-7-28(8-2)33(31,32)18-14-17(11-10-16(18)3)21(30)26-20-15-19(23(4,5)6)27-29(20)22-24-12-9-13-25-22/h9-15H,7-8H2,1-6H3,(H,26,30). The minimum atomic E-state index is -3.71. The molecule has 0 aliphatic heterocycles. The first kappa shape index (κ1) is 24.5. The first-order valence-corrected chi connectivity index (χ1v) is 12.2. The SMILES string of the molecule is CCN(CC)S(=O)(=O)c1cc(C(=O)Nc2cc(C(C)(C)C)nn2-c2ncccn2)ccc1C. The topological polar surface area (TPSA) is 110 Å². The lowest BCUT2D eigenvalue weighted by atomic mass is 9.92. The van der Waals surface area contributed by atoms with Gasteiger partial charge in [0.2, 0.25) is 10.0 Å². The fraction of sp³-hybridized carbons (Fsp3) is 0.391. The van der Waals surface area contributed by atoms with Gasteiger partial charge in [-0.3, -0.25) is 4.79 Å². The van der Waals surface area contributed by atoms with Crippen molar-refractivity contribution < 1.29 is 13.2 Å². The molecule has 0 unspecified atom stereocenters. The van der Waals surface area contributed by atoms with Crippen LogP contribution in [0.25, 0.3) is 5.95 Å². The zero-order chi connectivity index (χ0) is 24.4. The molecule has 2 aromatic heterocycles. The quantitative estimate of drug-likeness (QED) is 0.565. The highest BCUT2D eigenvalue weighted by atomic mass is 32.2. The Bertz CT molecular complexity index is 1240. The van der Waals surface area contributed by atoms with Crippen LogP contribution in [0.1, 0.15) is 56.2 Å². The average molecular weight is 471 g/mol. The van der Waals surface area contributed by atoms with Crippen molar-refractivity contribution in [2.75, 3.05) is 18.4 Å². The molecule has 1 N–H and O–H groups in total. The number of nitrogens with one attached hydrogen (secondary N) is 1. The number of nitrogens with zero attached hydrogens (tertiary/aromatic N) is 5. The summed E-state index contributed by atoms with van der Waals surface area (Å²) >= 11 is 0. The zero-order valence-corrected chi connectivity index (χ0v) is 20.6. The molecule has 1 aromatic carbocycles. The van der Waals surface area contributed by atoms with Gasteiger partial charge in [0.1, 0.15) is 5.82 Å². The van der Waals surface area contributed by atoms with Gasteiger partial charge in [0.15, 0.2) is 0 Å². The third-order valence-electron chi connectivity index (χ3n) is 5.23. The number of anilines is 1. The fourth-order valence-corrected chi connectivity index (χ4v) is 5.01. The molecule has 0 saturated carbocycles. The molecule has 0 fully saturated rings. The summed E-state index contributed by atoms with van der Waals surface area (Å²) in [6.45, 7) is 12.0. The lowest BCUT2D eigenvalue weighted by Crippen LogP contribution is -2.31. The number of amides is 1. The fourth-order valence-electron chi connectivity index (χ4n) is 3.30. The van der Waals surface area contributed by atoms with E-state index in [1.165, 1.54) is 15.1 Å². The first-order chi connectivity index (χ1) is 15.5. The second-order valence-corrected chi connectivity index (χ2v) is 10.6. The summed E-state index contributed by atoms with van der Waals surface area (Å²) in [6, 6.07) is 8.14. The Morgan fingerprint density at radius 3 is 2.30 bits per heavy atom. The summed E-state index contributed by atoms with van der Waals surface area (Å²) in [7, 11) is -3.71. The Kier molecular flexibility index (Phi) is 6.99. The number of rotatable bonds is 7. The second-order valence-electron chi connectivity index (χ2n) is 8.65. The molecule has 3 aromatic rings. The molecular weight excluding hydrogens is 440 g/mol. The molecule has 0 bridgehead atoms. The maximum Gasteiger partial charge on any atom is 0.256 e. The molecule has 33 heavy (non-hydrogen) atoms. The van der Waals surface area contributed by atoms with Crippen molar-refractivity contribution in [3.8, 4) is 5.95 Å². The normalized spacial score (nSPS) is 12.2. The van der Waals surface area contributed by atoms with E-state index in [9.17, 15) is 13.2 Å². The number of sulfonamides is 1. The van der Waals surface area contributed by atoms with Gasteiger partial charge in [-0.05, 0) is 30.7 Å². The summed E-state index contributed by atoms with van der Waals surface area (Å²) in [6.07, 6.45) is 3.19. The van der Waals surface area contributed by atoms with Gasteiger partial charge in [0.05, 0.1) is 10.6 Å². The molecule has 0 aliphatic carbocycles. The number of hydrogen-bond donors (Lipinski definition) is 1. The number of carbonyl (C=O) groups excluding carboxylic acids is 1. The number of benzene rings is 1. The summed E-state index contributed by atoms with van der Waals surface area (Å²) in [4.78, 5) is 21.7. The Morgan fingerprint density at radius 1 is 1.09 bits per heavy atom. The zero-order valence-electron chi connectivity index (χ0n) is 19.8. The lowest BCUT2D eigenvalue weighted by molar-refractivity contribution is 0.102. The van der Waals surface area contributed by atoms with E-state index < -0.39 is 15.9 Å². The maximum atomic E-state index is 13.2. The number of hydrogen-bond acceptors (Lipinski definition) is 6. The van der Waals surface area contributed by atoms with E-state index >= 15 is 0 Å². The van der Waals surface area contributed by atoms with Gasteiger partial charge in [0, 0.05) is 42.5 Å². The smallest absolute Gasteiger partial charge is 0.256 e. The van der Waals surface area contributed by atoms with Crippen molar-refractivity contribution in [2.24, 2.45) is 0 Å². The average Bonchev–Trinajstić information content (AvgIpc) is 3.19. The molecule has 1 amide bonds. The molecule has 0 radical (unpaired) electrons. The third-order valence-corrected chi connectivity index (χ3v) is 7.43. The highest BCUT2D eigenvalue weighted by molar-refractivity contribution is 7.89. The summed E-state index contributed by atoms with van der Waals surface area (Å²) < 4.78 is 29.0. The van der Waals surface area contributed by atoms with E-state index in [1.807, 2.05) is 20.8 Å². The van der Waals surface area contributed by atoms with Crippen LogP contribution in [0, 0.1) is 6.92 Å². The summed E-state index contributed by atoms with van der Waals surface area (Å²) in [5.41, 5.74) is 1.29. The van der Waals surface area contributed by atoms with Crippen LogP contribution < -0.4 is 5.32 Å². The van der Waals surface area contributed by atoms with Crippen LogP contribution in [0.2, 0.25) is 0 Å². The van der Waals surface area contributed by atoms with Crippen LogP contribution in [0.5, 0.6) is 0 Å².